The maximum atomic E-state index is 11.7. The summed E-state index contributed by atoms with van der Waals surface area (Å²) < 4.78 is 0. The van der Waals surface area contributed by atoms with E-state index in [0.717, 1.165) is 23.9 Å². The third-order valence-corrected chi connectivity index (χ3v) is 6.10. The Kier molecular flexibility index (Phi) is 4.79. The second-order valence-electron chi connectivity index (χ2n) is 5.08. The molecule has 19 heavy (non-hydrogen) atoms. The zero-order valence-corrected chi connectivity index (χ0v) is 13.5. The molecule has 0 aromatic carbocycles. The molecule has 1 aromatic rings. The molecule has 1 aliphatic carbocycles. The molecule has 3 nitrogen and oxygen atoms in total. The molecule has 106 valence electrons. The first kappa shape index (κ1) is 14.7. The summed E-state index contributed by atoms with van der Waals surface area (Å²) >= 11 is 3.21. The summed E-state index contributed by atoms with van der Waals surface area (Å²) in [6.45, 7) is 5.84. The van der Waals surface area contributed by atoms with Crippen LogP contribution >= 0.6 is 23.1 Å². The molecular formula is C14H22N2OS2. The zero-order valence-electron chi connectivity index (χ0n) is 11.9. The Labute approximate surface area is 123 Å². The lowest BCUT2D eigenvalue weighted by molar-refractivity contribution is 0.102. The number of nitrogens with two attached hydrogens (primary N) is 1. The smallest absolute Gasteiger partial charge is 0.171 e. The molecule has 0 atom stereocenters. The van der Waals surface area contributed by atoms with Gasteiger partial charge in [0.05, 0.1) is 15.5 Å². The molecule has 2 rings (SSSR count). The fraction of sp³-hybridized carbons (Fsp3) is 0.643. The molecule has 0 amide bonds. The Bertz CT molecular complexity index is 466. The molecule has 1 aromatic heterocycles. The third kappa shape index (κ3) is 2.92. The van der Waals surface area contributed by atoms with E-state index in [1.165, 1.54) is 24.3 Å². The summed E-state index contributed by atoms with van der Waals surface area (Å²) in [6.07, 6.45) is 6.07. The van der Waals surface area contributed by atoms with Crippen LogP contribution in [0.4, 0.5) is 10.7 Å². The number of hydrogen-bond donors (Lipinski definition) is 1. The largest absolute Gasteiger partial charge is 0.396 e. The Morgan fingerprint density at radius 1 is 1.53 bits per heavy atom. The number of hydrogen-bond acceptors (Lipinski definition) is 5. The topological polar surface area (TPSA) is 46.3 Å². The van der Waals surface area contributed by atoms with E-state index in [1.54, 1.807) is 30.0 Å². The highest BCUT2D eigenvalue weighted by molar-refractivity contribution is 7.99. The quantitative estimate of drug-likeness (QED) is 0.639. The van der Waals surface area contributed by atoms with Crippen LogP contribution in [0.5, 0.6) is 0 Å². The predicted molar refractivity (Wildman–Crippen MR) is 85.7 cm³/mol. The van der Waals surface area contributed by atoms with E-state index in [1.807, 2.05) is 6.26 Å². The highest BCUT2D eigenvalue weighted by atomic mass is 32.2. The molecule has 1 fully saturated rings. The lowest BCUT2D eigenvalue weighted by Crippen LogP contribution is -2.32. The van der Waals surface area contributed by atoms with Gasteiger partial charge in [0, 0.05) is 20.0 Å². The van der Waals surface area contributed by atoms with Gasteiger partial charge >= 0.3 is 0 Å². The van der Waals surface area contributed by atoms with E-state index < -0.39 is 0 Å². The third-order valence-electron chi connectivity index (χ3n) is 3.78. The number of anilines is 2. The Balaban J connectivity index is 2.29. The molecule has 0 bridgehead atoms. The minimum absolute atomic E-state index is 0.0729. The lowest BCUT2D eigenvalue weighted by atomic mass is 9.85. The molecule has 1 heterocycles. The fourth-order valence-corrected chi connectivity index (χ4v) is 4.58. The first-order valence-electron chi connectivity index (χ1n) is 6.80. The highest BCUT2D eigenvalue weighted by Crippen LogP contribution is 2.44. The number of nitrogens with zero attached hydrogens (tertiary/aromatic N) is 1. The van der Waals surface area contributed by atoms with Crippen molar-refractivity contribution < 1.29 is 4.79 Å². The molecule has 1 aliphatic rings. The zero-order chi connectivity index (χ0) is 14.0. The summed E-state index contributed by atoms with van der Waals surface area (Å²) in [4.78, 5) is 15.8. The van der Waals surface area contributed by atoms with Gasteiger partial charge in [0.1, 0.15) is 5.00 Å². The Morgan fingerprint density at radius 3 is 2.63 bits per heavy atom. The van der Waals surface area contributed by atoms with Crippen LogP contribution in [-0.2, 0) is 0 Å². The van der Waals surface area contributed by atoms with Crippen LogP contribution in [0.3, 0.4) is 0 Å². The molecule has 0 saturated heterocycles. The van der Waals surface area contributed by atoms with Gasteiger partial charge in [0.15, 0.2) is 5.78 Å². The Hall–Kier alpha value is -0.680. The van der Waals surface area contributed by atoms with E-state index in [9.17, 15) is 4.79 Å². The maximum Gasteiger partial charge on any atom is 0.171 e. The summed E-state index contributed by atoms with van der Waals surface area (Å²) in [7, 11) is 0. The van der Waals surface area contributed by atoms with Crippen molar-refractivity contribution in [3.63, 3.8) is 0 Å². The van der Waals surface area contributed by atoms with Gasteiger partial charge in [-0.1, -0.05) is 6.42 Å². The van der Waals surface area contributed by atoms with Gasteiger partial charge < -0.3 is 10.6 Å². The van der Waals surface area contributed by atoms with Gasteiger partial charge in [-0.25, -0.2) is 0 Å². The number of carbonyl (C=O) groups is 1. The van der Waals surface area contributed by atoms with Crippen LogP contribution in [0.1, 0.15) is 42.8 Å². The number of rotatable bonds is 6. The number of thiophene rings is 1. The van der Waals surface area contributed by atoms with Crippen LogP contribution in [0.25, 0.3) is 0 Å². The van der Waals surface area contributed by atoms with Gasteiger partial charge in [-0.05, 0) is 31.9 Å². The van der Waals surface area contributed by atoms with Gasteiger partial charge in [0.25, 0.3) is 0 Å². The van der Waals surface area contributed by atoms with Crippen LogP contribution in [-0.4, -0.2) is 25.1 Å². The number of nitrogen functional groups attached to an aromatic ring is 1. The lowest BCUT2D eigenvalue weighted by Gasteiger charge is -2.32. The van der Waals surface area contributed by atoms with Crippen molar-refractivity contribution in [3.8, 4) is 0 Å². The molecule has 0 aliphatic heterocycles. The van der Waals surface area contributed by atoms with Gasteiger partial charge in [-0.3, -0.25) is 4.79 Å². The minimum Gasteiger partial charge on any atom is -0.396 e. The molecule has 0 spiro atoms. The van der Waals surface area contributed by atoms with Gasteiger partial charge in [-0.2, -0.15) is 0 Å². The van der Waals surface area contributed by atoms with E-state index >= 15 is 0 Å². The van der Waals surface area contributed by atoms with E-state index in [2.05, 4.69) is 11.8 Å². The molecule has 0 unspecified atom stereocenters. The SMILES string of the molecule is CCN(CC1CCC1)c1sc(C(C)=O)c(N)c1SC. The second-order valence-corrected chi connectivity index (χ2v) is 6.89. The van der Waals surface area contributed by atoms with Gasteiger partial charge in [0.2, 0.25) is 0 Å². The monoisotopic (exact) mass is 298 g/mol. The van der Waals surface area contributed by atoms with Crippen molar-refractivity contribution in [2.24, 2.45) is 5.92 Å². The summed E-state index contributed by atoms with van der Waals surface area (Å²) in [5, 5.41) is 1.18. The maximum absolute atomic E-state index is 11.7. The van der Waals surface area contributed by atoms with Crippen LogP contribution < -0.4 is 10.6 Å². The summed E-state index contributed by atoms with van der Waals surface area (Å²) in [6, 6.07) is 0. The van der Waals surface area contributed by atoms with Crippen LogP contribution in [0.2, 0.25) is 0 Å². The van der Waals surface area contributed by atoms with Crippen molar-refractivity contribution in [2.75, 3.05) is 30.0 Å². The molecule has 0 radical (unpaired) electrons. The molecule has 5 heteroatoms. The van der Waals surface area contributed by atoms with E-state index in [4.69, 9.17) is 5.73 Å². The summed E-state index contributed by atoms with van der Waals surface area (Å²) in [5.74, 6) is 0.891. The average Bonchev–Trinajstić information content (AvgIpc) is 2.65. The van der Waals surface area contributed by atoms with Crippen molar-refractivity contribution in [1.82, 2.24) is 0 Å². The second kappa shape index (κ2) is 6.18. The molecule has 1 saturated carbocycles. The Morgan fingerprint density at radius 2 is 2.21 bits per heavy atom. The van der Waals surface area contributed by atoms with Crippen molar-refractivity contribution in [2.45, 2.75) is 38.0 Å². The number of carbonyl (C=O) groups excluding carboxylic acids is 1. The van der Waals surface area contributed by atoms with Crippen molar-refractivity contribution in [1.29, 1.82) is 0 Å². The van der Waals surface area contributed by atoms with Crippen LogP contribution in [0.15, 0.2) is 4.90 Å². The first-order chi connectivity index (χ1) is 9.08. The average molecular weight is 298 g/mol. The molecular weight excluding hydrogens is 276 g/mol. The first-order valence-corrected chi connectivity index (χ1v) is 8.84. The van der Waals surface area contributed by atoms with Crippen LogP contribution in [0, 0.1) is 5.92 Å². The fourth-order valence-electron chi connectivity index (χ4n) is 2.43. The number of ketones is 1. The number of thioether (sulfide) groups is 1. The standard InChI is InChI=1S/C14H22N2OS2/c1-4-16(8-10-6-5-7-10)14-13(18-3)11(15)12(19-14)9(2)17/h10H,4-8,15H2,1-3H3. The minimum atomic E-state index is 0.0729. The van der Waals surface area contributed by atoms with Gasteiger partial charge in [-0.15, -0.1) is 23.1 Å². The number of Topliss-reactive ketones (excluding diaryl/α,β-unsaturated/α-hetero) is 1. The van der Waals surface area contributed by atoms with Crippen molar-refractivity contribution in [3.05, 3.63) is 4.88 Å². The molecule has 2 N–H and O–H groups in total. The normalized spacial score (nSPS) is 15.3. The predicted octanol–water partition coefficient (Wildman–Crippen LogP) is 3.88. The van der Waals surface area contributed by atoms with E-state index in [0.29, 0.717) is 10.6 Å². The van der Waals surface area contributed by atoms with Crippen molar-refractivity contribution >= 4 is 39.6 Å². The highest BCUT2D eigenvalue weighted by Gasteiger charge is 2.25. The summed E-state index contributed by atoms with van der Waals surface area (Å²) in [5.41, 5.74) is 6.80. The van der Waals surface area contributed by atoms with E-state index in [-0.39, 0.29) is 5.78 Å².